The number of nitrogens with one attached hydrogen (secondary N) is 1. The summed E-state index contributed by atoms with van der Waals surface area (Å²) in [5, 5.41) is 12.0. The largest absolute Gasteiger partial charge is 0.466 e. The summed E-state index contributed by atoms with van der Waals surface area (Å²) in [5.74, 6) is -0.953. The van der Waals surface area contributed by atoms with E-state index >= 15 is 0 Å². The maximum atomic E-state index is 12.5. The van der Waals surface area contributed by atoms with Crippen LogP contribution >= 0.6 is 0 Å². The highest BCUT2D eigenvalue weighted by molar-refractivity contribution is 7.85. The third-order valence-electron chi connectivity index (χ3n) is 4.29. The highest BCUT2D eigenvalue weighted by Crippen LogP contribution is 2.20. The Bertz CT molecular complexity index is 894. The molecule has 1 aliphatic heterocycles. The summed E-state index contributed by atoms with van der Waals surface area (Å²) >= 11 is 0. The standard InChI is InChI=1S/C18H21N3O6S/c1-2-27-18(23)13-7-9-21(10-8-13)17(22)14(11-19)12-20-15-3-5-16(6-4-15)28(24,25)26/h3-6,12-13,20H,2,7-10H2,1H3,(H,24,25,26)/b14-12-. The second-order valence-corrected chi connectivity index (χ2v) is 7.55. The van der Waals surface area contributed by atoms with Crippen LogP contribution in [0.2, 0.25) is 0 Å². The minimum absolute atomic E-state index is 0.117. The van der Waals surface area contributed by atoms with Crippen molar-refractivity contribution in [3.05, 3.63) is 36.0 Å². The number of hydrogen-bond donors (Lipinski definition) is 2. The van der Waals surface area contributed by atoms with Crippen molar-refractivity contribution in [2.75, 3.05) is 25.0 Å². The molecule has 1 aromatic rings. The van der Waals surface area contributed by atoms with E-state index in [1.54, 1.807) is 6.92 Å². The van der Waals surface area contributed by atoms with Gasteiger partial charge < -0.3 is 15.0 Å². The van der Waals surface area contributed by atoms with Crippen molar-refractivity contribution in [2.45, 2.75) is 24.7 Å². The molecule has 0 spiro atoms. The molecular formula is C18H21N3O6S. The predicted molar refractivity (Wildman–Crippen MR) is 99.5 cm³/mol. The molecule has 1 aromatic carbocycles. The van der Waals surface area contributed by atoms with E-state index in [9.17, 15) is 23.3 Å². The SMILES string of the molecule is CCOC(=O)C1CCN(C(=O)/C(C#N)=C\Nc2ccc(S(=O)(=O)O)cc2)CC1. The molecule has 2 N–H and O–H groups in total. The van der Waals surface area contributed by atoms with E-state index in [4.69, 9.17) is 9.29 Å². The smallest absolute Gasteiger partial charge is 0.309 e. The number of ether oxygens (including phenoxy) is 1. The van der Waals surface area contributed by atoms with Crippen LogP contribution in [0.1, 0.15) is 19.8 Å². The first-order valence-electron chi connectivity index (χ1n) is 8.66. The van der Waals surface area contributed by atoms with E-state index in [0.29, 0.717) is 38.2 Å². The summed E-state index contributed by atoms with van der Waals surface area (Å²) in [4.78, 5) is 25.5. The first-order valence-corrected chi connectivity index (χ1v) is 10.1. The van der Waals surface area contributed by atoms with Gasteiger partial charge in [-0.25, -0.2) is 0 Å². The third kappa shape index (κ3) is 5.55. The van der Waals surface area contributed by atoms with Gasteiger partial charge in [-0.3, -0.25) is 14.1 Å². The molecule has 10 heteroatoms. The number of anilines is 1. The Morgan fingerprint density at radius 2 is 1.93 bits per heavy atom. The molecule has 1 aliphatic rings. The van der Waals surface area contributed by atoms with Crippen LogP contribution in [0, 0.1) is 17.2 Å². The van der Waals surface area contributed by atoms with Crippen LogP contribution < -0.4 is 5.32 Å². The zero-order valence-corrected chi connectivity index (χ0v) is 16.1. The summed E-state index contributed by atoms with van der Waals surface area (Å²) in [7, 11) is -4.29. The van der Waals surface area contributed by atoms with Crippen LogP contribution in [-0.4, -0.2) is 49.4 Å². The highest BCUT2D eigenvalue weighted by Gasteiger charge is 2.29. The maximum absolute atomic E-state index is 12.5. The molecule has 0 aromatic heterocycles. The fourth-order valence-corrected chi connectivity index (χ4v) is 3.25. The topological polar surface area (TPSA) is 137 Å². The molecule has 1 amide bonds. The van der Waals surface area contributed by atoms with Gasteiger partial charge in [0.05, 0.1) is 17.4 Å². The average Bonchev–Trinajstić information content (AvgIpc) is 2.68. The quantitative estimate of drug-likeness (QED) is 0.314. The van der Waals surface area contributed by atoms with Crippen LogP contribution in [0.15, 0.2) is 40.9 Å². The summed E-state index contributed by atoms with van der Waals surface area (Å²) in [6, 6.07) is 7.01. The number of piperidine rings is 1. The molecule has 0 aliphatic carbocycles. The molecule has 0 atom stereocenters. The van der Waals surface area contributed by atoms with Crippen LogP contribution in [0.4, 0.5) is 5.69 Å². The van der Waals surface area contributed by atoms with Crippen molar-refractivity contribution < 1.29 is 27.3 Å². The van der Waals surface area contributed by atoms with Gasteiger partial charge in [0.15, 0.2) is 0 Å². The second-order valence-electron chi connectivity index (χ2n) is 6.13. The molecule has 9 nitrogen and oxygen atoms in total. The Balaban J connectivity index is 1.98. The van der Waals surface area contributed by atoms with Crippen LogP contribution in [0.5, 0.6) is 0 Å². The molecular weight excluding hydrogens is 386 g/mol. The van der Waals surface area contributed by atoms with E-state index < -0.39 is 16.0 Å². The zero-order chi connectivity index (χ0) is 20.7. The predicted octanol–water partition coefficient (Wildman–Crippen LogP) is 1.55. The maximum Gasteiger partial charge on any atom is 0.309 e. The van der Waals surface area contributed by atoms with Crippen molar-refractivity contribution in [3.8, 4) is 6.07 Å². The van der Waals surface area contributed by atoms with Crippen molar-refractivity contribution in [1.29, 1.82) is 5.26 Å². The lowest BCUT2D eigenvalue weighted by Gasteiger charge is -2.30. The first kappa shape index (κ1) is 21.4. The van der Waals surface area contributed by atoms with Crippen molar-refractivity contribution in [3.63, 3.8) is 0 Å². The van der Waals surface area contributed by atoms with E-state index in [2.05, 4.69) is 5.32 Å². The summed E-state index contributed by atoms with van der Waals surface area (Å²) in [6.07, 6.45) is 2.20. The number of carbonyl (C=O) groups is 2. The van der Waals surface area contributed by atoms with Gasteiger partial charge in [0.1, 0.15) is 11.6 Å². The minimum atomic E-state index is -4.29. The Morgan fingerprint density at radius 3 is 2.43 bits per heavy atom. The zero-order valence-electron chi connectivity index (χ0n) is 15.3. The first-order chi connectivity index (χ1) is 13.3. The Kier molecular flexibility index (Phi) is 7.14. The van der Waals surface area contributed by atoms with Gasteiger partial charge in [-0.2, -0.15) is 13.7 Å². The number of likely N-dealkylation sites (tertiary alicyclic amines) is 1. The van der Waals surface area contributed by atoms with Crippen LogP contribution in [0.25, 0.3) is 0 Å². The molecule has 1 saturated heterocycles. The van der Waals surface area contributed by atoms with Crippen molar-refractivity contribution in [2.24, 2.45) is 5.92 Å². The number of nitriles is 1. The van der Waals surface area contributed by atoms with Crippen molar-refractivity contribution in [1.82, 2.24) is 4.90 Å². The summed E-state index contributed by atoms with van der Waals surface area (Å²) in [6.45, 7) is 2.76. The van der Waals surface area contributed by atoms with Gasteiger partial charge in [-0.1, -0.05) is 0 Å². The van der Waals surface area contributed by atoms with Gasteiger partial charge in [0.25, 0.3) is 16.0 Å². The number of carbonyl (C=O) groups excluding carboxylic acids is 2. The third-order valence-corrected chi connectivity index (χ3v) is 5.16. The van der Waals surface area contributed by atoms with E-state index in [1.165, 1.54) is 35.4 Å². The molecule has 1 fully saturated rings. The lowest BCUT2D eigenvalue weighted by Crippen LogP contribution is -2.41. The lowest BCUT2D eigenvalue weighted by molar-refractivity contribution is -0.150. The Labute approximate surface area is 163 Å². The number of nitrogens with zero attached hydrogens (tertiary/aromatic N) is 2. The number of rotatable bonds is 6. The molecule has 28 heavy (non-hydrogen) atoms. The summed E-state index contributed by atoms with van der Waals surface area (Å²) in [5.41, 5.74) is 0.322. The fraction of sp³-hybridized carbons (Fsp3) is 0.389. The average molecular weight is 407 g/mol. The molecule has 1 heterocycles. The molecule has 0 unspecified atom stereocenters. The molecule has 0 radical (unpaired) electrons. The molecule has 2 rings (SSSR count). The minimum Gasteiger partial charge on any atom is -0.466 e. The van der Waals surface area contributed by atoms with Crippen LogP contribution in [0.3, 0.4) is 0 Å². The fourth-order valence-electron chi connectivity index (χ4n) is 2.77. The van der Waals surface area contributed by atoms with E-state index in [1.807, 2.05) is 6.07 Å². The molecule has 150 valence electrons. The van der Waals surface area contributed by atoms with E-state index in [0.717, 1.165) is 0 Å². The number of amides is 1. The van der Waals surface area contributed by atoms with E-state index in [-0.39, 0.29) is 22.4 Å². The van der Waals surface area contributed by atoms with Gasteiger partial charge in [0.2, 0.25) is 0 Å². The summed E-state index contributed by atoms with van der Waals surface area (Å²) < 4.78 is 36.0. The molecule has 0 bridgehead atoms. The molecule has 0 saturated carbocycles. The van der Waals surface area contributed by atoms with Crippen LogP contribution in [-0.2, 0) is 24.4 Å². The normalized spacial score (nSPS) is 15.6. The number of esters is 1. The Hall–Kier alpha value is -2.90. The lowest BCUT2D eigenvalue weighted by atomic mass is 9.96. The second kappa shape index (κ2) is 9.34. The van der Waals surface area contributed by atoms with Crippen molar-refractivity contribution >= 4 is 27.7 Å². The monoisotopic (exact) mass is 407 g/mol. The number of benzene rings is 1. The van der Waals surface area contributed by atoms with Gasteiger partial charge in [-0.05, 0) is 44.0 Å². The van der Waals surface area contributed by atoms with Gasteiger partial charge >= 0.3 is 5.97 Å². The highest BCUT2D eigenvalue weighted by atomic mass is 32.2. The van der Waals surface area contributed by atoms with Gasteiger partial charge in [0, 0.05) is 25.0 Å². The van der Waals surface area contributed by atoms with Gasteiger partial charge in [-0.15, -0.1) is 0 Å². The Morgan fingerprint density at radius 1 is 1.32 bits per heavy atom. The number of hydrogen-bond acceptors (Lipinski definition) is 7.